The largest absolute Gasteiger partial charge is 0.368 e. The third-order valence-electron chi connectivity index (χ3n) is 5.22. The highest BCUT2D eigenvalue weighted by molar-refractivity contribution is 5.87. The van der Waals surface area contributed by atoms with Crippen LogP contribution in [-0.2, 0) is 15.1 Å². The lowest BCUT2D eigenvalue weighted by atomic mass is 9.92. The second-order valence-corrected chi connectivity index (χ2v) is 7.28. The lowest BCUT2D eigenvalue weighted by Crippen LogP contribution is -2.51. The number of carbonyl (C=O) groups excluding carboxylic acids is 2. The van der Waals surface area contributed by atoms with Gasteiger partial charge in [0.15, 0.2) is 0 Å². The molecule has 0 radical (unpaired) electrons. The number of rotatable bonds is 6. The molecule has 6 nitrogen and oxygen atoms in total. The Balaban J connectivity index is 1.43. The van der Waals surface area contributed by atoms with Crippen LogP contribution in [0.25, 0.3) is 0 Å². The summed E-state index contributed by atoms with van der Waals surface area (Å²) in [6, 6.07) is 19.5. The molecule has 2 aromatic carbocycles. The van der Waals surface area contributed by atoms with E-state index in [-0.39, 0.29) is 24.8 Å². The summed E-state index contributed by atoms with van der Waals surface area (Å²) in [7, 11) is 0. The highest BCUT2D eigenvalue weighted by Gasteiger charge is 2.30. The smallest absolute Gasteiger partial charge is 0.244 e. The highest BCUT2D eigenvalue weighted by atomic mass is 16.2. The van der Waals surface area contributed by atoms with Crippen molar-refractivity contribution in [3.63, 3.8) is 0 Å². The summed E-state index contributed by atoms with van der Waals surface area (Å²) in [5, 5.41) is 2.80. The number of para-hydroxylation sites is 1. The molecule has 148 valence electrons. The Hall–Kier alpha value is -2.86. The van der Waals surface area contributed by atoms with Crippen LogP contribution >= 0.6 is 0 Å². The third-order valence-corrected chi connectivity index (χ3v) is 5.22. The summed E-state index contributed by atoms with van der Waals surface area (Å²) in [5.74, 6) is -0.216. The topological polar surface area (TPSA) is 78.7 Å². The maximum atomic E-state index is 12.5. The van der Waals surface area contributed by atoms with E-state index in [2.05, 4.69) is 22.3 Å². The molecule has 6 heteroatoms. The predicted octanol–water partition coefficient (Wildman–Crippen LogP) is 1.72. The van der Waals surface area contributed by atoms with Gasteiger partial charge in [0, 0.05) is 44.8 Å². The van der Waals surface area contributed by atoms with Crippen LogP contribution in [0.5, 0.6) is 0 Å². The van der Waals surface area contributed by atoms with E-state index >= 15 is 0 Å². The Morgan fingerprint density at radius 2 is 1.54 bits per heavy atom. The Morgan fingerprint density at radius 3 is 2.14 bits per heavy atom. The SMILES string of the molecule is CC(N)(C(=O)NCCC(=O)N1CCN(c2ccccc2)CC1)c1ccccc1. The van der Waals surface area contributed by atoms with Crippen molar-refractivity contribution >= 4 is 17.5 Å². The number of piperazine rings is 1. The molecule has 3 rings (SSSR count). The average molecular weight is 380 g/mol. The van der Waals surface area contributed by atoms with E-state index in [1.807, 2.05) is 53.4 Å². The lowest BCUT2D eigenvalue weighted by molar-refractivity contribution is -0.131. The number of nitrogens with two attached hydrogens (primary N) is 1. The van der Waals surface area contributed by atoms with Crippen molar-refractivity contribution in [2.45, 2.75) is 18.9 Å². The molecule has 28 heavy (non-hydrogen) atoms. The number of hydrogen-bond acceptors (Lipinski definition) is 4. The molecule has 1 fully saturated rings. The van der Waals surface area contributed by atoms with E-state index in [0.29, 0.717) is 13.1 Å². The fraction of sp³-hybridized carbons (Fsp3) is 0.364. The Kier molecular flexibility index (Phi) is 6.31. The van der Waals surface area contributed by atoms with Crippen molar-refractivity contribution in [3.05, 3.63) is 66.2 Å². The van der Waals surface area contributed by atoms with Gasteiger partial charge in [-0.1, -0.05) is 48.5 Å². The summed E-state index contributed by atoms with van der Waals surface area (Å²) >= 11 is 0. The summed E-state index contributed by atoms with van der Waals surface area (Å²) in [6.45, 7) is 4.99. The first-order chi connectivity index (χ1) is 13.5. The van der Waals surface area contributed by atoms with Crippen molar-refractivity contribution in [1.82, 2.24) is 10.2 Å². The van der Waals surface area contributed by atoms with E-state index in [0.717, 1.165) is 18.7 Å². The third kappa shape index (κ3) is 4.70. The van der Waals surface area contributed by atoms with Gasteiger partial charge in [0.1, 0.15) is 5.54 Å². The summed E-state index contributed by atoms with van der Waals surface area (Å²) < 4.78 is 0. The molecule has 2 aromatic rings. The summed E-state index contributed by atoms with van der Waals surface area (Å²) in [5.41, 5.74) is 7.01. The maximum absolute atomic E-state index is 12.5. The van der Waals surface area contributed by atoms with Crippen molar-refractivity contribution in [1.29, 1.82) is 0 Å². The zero-order valence-electron chi connectivity index (χ0n) is 16.3. The van der Waals surface area contributed by atoms with Gasteiger partial charge in [-0.3, -0.25) is 9.59 Å². The van der Waals surface area contributed by atoms with Gasteiger partial charge in [-0.2, -0.15) is 0 Å². The molecule has 1 aliphatic rings. The average Bonchev–Trinajstić information content (AvgIpc) is 2.75. The van der Waals surface area contributed by atoms with Crippen molar-refractivity contribution < 1.29 is 9.59 Å². The van der Waals surface area contributed by atoms with Crippen LogP contribution < -0.4 is 16.0 Å². The molecule has 1 atom stereocenters. The molecule has 0 aliphatic carbocycles. The highest BCUT2D eigenvalue weighted by Crippen LogP contribution is 2.18. The molecule has 0 saturated carbocycles. The van der Waals surface area contributed by atoms with Crippen molar-refractivity contribution in [2.75, 3.05) is 37.6 Å². The Labute approximate surface area is 166 Å². The maximum Gasteiger partial charge on any atom is 0.244 e. The first kappa shape index (κ1) is 19.9. The molecular formula is C22H28N4O2. The van der Waals surface area contributed by atoms with Crippen LogP contribution in [-0.4, -0.2) is 49.4 Å². The molecule has 0 spiro atoms. The molecule has 2 amide bonds. The van der Waals surface area contributed by atoms with Crippen LogP contribution in [0.2, 0.25) is 0 Å². The molecule has 0 bridgehead atoms. The monoisotopic (exact) mass is 380 g/mol. The second kappa shape index (κ2) is 8.89. The van der Waals surface area contributed by atoms with Crippen molar-refractivity contribution in [2.24, 2.45) is 5.73 Å². The minimum absolute atomic E-state index is 0.0615. The quantitative estimate of drug-likeness (QED) is 0.800. The molecule has 1 saturated heterocycles. The lowest BCUT2D eigenvalue weighted by Gasteiger charge is -2.36. The molecule has 1 unspecified atom stereocenters. The minimum Gasteiger partial charge on any atom is -0.368 e. The Bertz CT molecular complexity index is 785. The fourth-order valence-corrected chi connectivity index (χ4v) is 3.39. The molecule has 1 aliphatic heterocycles. The molecule has 1 heterocycles. The molecular weight excluding hydrogens is 352 g/mol. The number of amides is 2. The van der Waals surface area contributed by atoms with Gasteiger partial charge >= 0.3 is 0 Å². The summed E-state index contributed by atoms with van der Waals surface area (Å²) in [6.07, 6.45) is 0.280. The standard InChI is InChI=1S/C22H28N4O2/c1-22(23,18-8-4-2-5-9-18)21(28)24-13-12-20(27)26-16-14-25(15-17-26)19-10-6-3-7-11-19/h2-11H,12-17,23H2,1H3,(H,24,28). The zero-order chi connectivity index (χ0) is 20.0. The van der Waals surface area contributed by atoms with E-state index in [9.17, 15) is 9.59 Å². The van der Waals surface area contributed by atoms with Crippen LogP contribution in [0.3, 0.4) is 0 Å². The van der Waals surface area contributed by atoms with Crippen LogP contribution in [0.15, 0.2) is 60.7 Å². The first-order valence-electron chi connectivity index (χ1n) is 9.69. The first-order valence-corrected chi connectivity index (χ1v) is 9.69. The summed E-state index contributed by atoms with van der Waals surface area (Å²) in [4.78, 5) is 29.1. The van der Waals surface area contributed by atoms with Crippen molar-refractivity contribution in [3.8, 4) is 0 Å². The minimum atomic E-state index is -1.12. The van der Waals surface area contributed by atoms with Crippen LogP contribution in [0, 0.1) is 0 Å². The van der Waals surface area contributed by atoms with E-state index in [4.69, 9.17) is 5.73 Å². The van der Waals surface area contributed by atoms with Crippen LogP contribution in [0.4, 0.5) is 5.69 Å². The Morgan fingerprint density at radius 1 is 0.964 bits per heavy atom. The molecule has 0 aromatic heterocycles. The number of nitrogens with zero attached hydrogens (tertiary/aromatic N) is 2. The number of anilines is 1. The van der Waals surface area contributed by atoms with E-state index < -0.39 is 5.54 Å². The van der Waals surface area contributed by atoms with Gasteiger partial charge in [0.2, 0.25) is 11.8 Å². The number of nitrogens with one attached hydrogen (secondary N) is 1. The van der Waals surface area contributed by atoms with E-state index in [1.54, 1.807) is 6.92 Å². The van der Waals surface area contributed by atoms with E-state index in [1.165, 1.54) is 5.69 Å². The molecule has 3 N–H and O–H groups in total. The fourth-order valence-electron chi connectivity index (χ4n) is 3.39. The van der Waals surface area contributed by atoms with Gasteiger partial charge in [0.25, 0.3) is 0 Å². The van der Waals surface area contributed by atoms with Gasteiger partial charge < -0.3 is 20.9 Å². The second-order valence-electron chi connectivity index (χ2n) is 7.28. The number of benzene rings is 2. The van der Waals surface area contributed by atoms with Gasteiger partial charge in [-0.15, -0.1) is 0 Å². The van der Waals surface area contributed by atoms with Crippen LogP contribution in [0.1, 0.15) is 18.9 Å². The predicted molar refractivity (Wildman–Crippen MR) is 111 cm³/mol. The zero-order valence-corrected chi connectivity index (χ0v) is 16.3. The normalized spacial score (nSPS) is 16.4. The van der Waals surface area contributed by atoms with Gasteiger partial charge in [-0.25, -0.2) is 0 Å². The number of carbonyl (C=O) groups is 2. The van der Waals surface area contributed by atoms with Gasteiger partial charge in [0.05, 0.1) is 0 Å². The van der Waals surface area contributed by atoms with Gasteiger partial charge in [-0.05, 0) is 24.6 Å². The number of hydrogen-bond donors (Lipinski definition) is 2.